The van der Waals surface area contributed by atoms with E-state index in [1.807, 2.05) is 7.05 Å². The third kappa shape index (κ3) is 4.73. The summed E-state index contributed by atoms with van der Waals surface area (Å²) < 4.78 is 19.0. The fraction of sp³-hybridized carbons (Fsp3) is 0.300. The van der Waals surface area contributed by atoms with Crippen LogP contribution in [-0.4, -0.2) is 22.1 Å². The Kier molecular flexibility index (Phi) is 5.56. The molecule has 0 atom stereocenters. The van der Waals surface area contributed by atoms with E-state index in [9.17, 15) is 4.39 Å². The minimum absolute atomic E-state index is 0.249. The molecular weight excluding hydrogens is 317 g/mol. The van der Waals surface area contributed by atoms with Crippen molar-refractivity contribution in [3.63, 3.8) is 0 Å². The summed E-state index contributed by atoms with van der Waals surface area (Å²) in [5.74, 6) is 0.793. The first-order valence-electron chi connectivity index (χ1n) is 8.45. The van der Waals surface area contributed by atoms with Crippen molar-refractivity contribution < 1.29 is 8.91 Å². The van der Waals surface area contributed by atoms with E-state index in [4.69, 9.17) is 4.52 Å². The number of rotatable bonds is 7. The SMILES string of the molecule is CCc1ccc(CN(C)Cc2nc(Cc3ccccc3F)no2)cc1. The predicted octanol–water partition coefficient (Wildman–Crippen LogP) is 3.99. The van der Waals surface area contributed by atoms with Gasteiger partial charge in [0, 0.05) is 13.0 Å². The van der Waals surface area contributed by atoms with Gasteiger partial charge in [0.1, 0.15) is 5.82 Å². The van der Waals surface area contributed by atoms with Crippen LogP contribution < -0.4 is 0 Å². The molecule has 0 radical (unpaired) electrons. The highest BCUT2D eigenvalue weighted by molar-refractivity contribution is 5.22. The lowest BCUT2D eigenvalue weighted by Gasteiger charge is -2.14. The molecule has 0 bridgehead atoms. The predicted molar refractivity (Wildman–Crippen MR) is 94.5 cm³/mol. The van der Waals surface area contributed by atoms with E-state index >= 15 is 0 Å². The Morgan fingerprint density at radius 1 is 1.00 bits per heavy atom. The van der Waals surface area contributed by atoms with Crippen LogP contribution >= 0.6 is 0 Å². The average Bonchev–Trinajstić information content (AvgIpc) is 3.04. The van der Waals surface area contributed by atoms with Gasteiger partial charge >= 0.3 is 0 Å². The number of halogens is 1. The number of aryl methyl sites for hydroxylation is 1. The normalized spacial score (nSPS) is 11.2. The fourth-order valence-corrected chi connectivity index (χ4v) is 2.72. The van der Waals surface area contributed by atoms with Crippen LogP contribution in [0.5, 0.6) is 0 Å². The molecule has 130 valence electrons. The summed E-state index contributed by atoms with van der Waals surface area (Å²) in [7, 11) is 2.01. The van der Waals surface area contributed by atoms with Gasteiger partial charge in [-0.3, -0.25) is 4.90 Å². The summed E-state index contributed by atoms with van der Waals surface area (Å²) in [6, 6.07) is 15.2. The Hall–Kier alpha value is -2.53. The van der Waals surface area contributed by atoms with E-state index in [1.165, 1.54) is 17.2 Å². The monoisotopic (exact) mass is 339 g/mol. The van der Waals surface area contributed by atoms with Crippen molar-refractivity contribution in [3.05, 3.63) is 82.8 Å². The van der Waals surface area contributed by atoms with Gasteiger partial charge in [-0.15, -0.1) is 0 Å². The second-order valence-electron chi connectivity index (χ2n) is 6.21. The van der Waals surface area contributed by atoms with E-state index < -0.39 is 0 Å². The molecule has 5 heteroatoms. The van der Waals surface area contributed by atoms with Crippen LogP contribution in [0, 0.1) is 5.82 Å². The van der Waals surface area contributed by atoms with Crippen LogP contribution in [0.4, 0.5) is 4.39 Å². The largest absolute Gasteiger partial charge is 0.338 e. The van der Waals surface area contributed by atoms with Crippen molar-refractivity contribution in [3.8, 4) is 0 Å². The third-order valence-corrected chi connectivity index (χ3v) is 4.11. The van der Waals surface area contributed by atoms with E-state index in [-0.39, 0.29) is 5.82 Å². The molecule has 25 heavy (non-hydrogen) atoms. The summed E-state index contributed by atoms with van der Waals surface area (Å²) >= 11 is 0. The third-order valence-electron chi connectivity index (χ3n) is 4.11. The Labute approximate surface area is 147 Å². The van der Waals surface area contributed by atoms with E-state index in [0.717, 1.165) is 13.0 Å². The second kappa shape index (κ2) is 8.03. The van der Waals surface area contributed by atoms with Crippen LogP contribution in [0.1, 0.15) is 35.3 Å². The summed E-state index contributed by atoms with van der Waals surface area (Å²) in [6.45, 7) is 3.50. The molecule has 0 aliphatic rings. The Bertz CT molecular complexity index is 814. The number of benzene rings is 2. The van der Waals surface area contributed by atoms with Gasteiger partial charge in [-0.05, 0) is 36.2 Å². The van der Waals surface area contributed by atoms with E-state index in [1.54, 1.807) is 18.2 Å². The number of nitrogens with zero attached hydrogens (tertiary/aromatic N) is 3. The van der Waals surface area contributed by atoms with Crippen LogP contribution in [0.2, 0.25) is 0 Å². The van der Waals surface area contributed by atoms with Crippen LogP contribution in [0.15, 0.2) is 53.1 Å². The topological polar surface area (TPSA) is 42.2 Å². The lowest BCUT2D eigenvalue weighted by molar-refractivity contribution is 0.260. The van der Waals surface area contributed by atoms with Gasteiger partial charge < -0.3 is 4.52 Å². The molecule has 0 unspecified atom stereocenters. The Balaban J connectivity index is 1.57. The van der Waals surface area contributed by atoms with Gasteiger partial charge in [0.15, 0.2) is 5.82 Å². The highest BCUT2D eigenvalue weighted by atomic mass is 19.1. The summed E-state index contributed by atoms with van der Waals surface area (Å²) in [5, 5.41) is 3.96. The summed E-state index contributed by atoms with van der Waals surface area (Å²) in [4.78, 5) is 6.48. The van der Waals surface area contributed by atoms with Crippen LogP contribution in [0.25, 0.3) is 0 Å². The minimum atomic E-state index is -0.249. The molecule has 0 amide bonds. The van der Waals surface area contributed by atoms with Gasteiger partial charge in [-0.1, -0.05) is 54.5 Å². The molecule has 0 N–H and O–H groups in total. The first-order valence-corrected chi connectivity index (χ1v) is 8.45. The number of hydrogen-bond donors (Lipinski definition) is 0. The van der Waals surface area contributed by atoms with Crippen molar-refractivity contribution in [2.75, 3.05) is 7.05 Å². The number of hydrogen-bond acceptors (Lipinski definition) is 4. The smallest absolute Gasteiger partial charge is 0.240 e. The van der Waals surface area contributed by atoms with E-state index in [0.29, 0.717) is 30.2 Å². The zero-order valence-corrected chi connectivity index (χ0v) is 14.6. The summed E-state index contributed by atoms with van der Waals surface area (Å²) in [5.41, 5.74) is 3.14. The highest BCUT2D eigenvalue weighted by Crippen LogP contribution is 2.13. The molecule has 0 spiro atoms. The molecule has 0 fully saturated rings. The van der Waals surface area contributed by atoms with Gasteiger partial charge in [-0.2, -0.15) is 4.98 Å². The number of aromatic nitrogens is 2. The maximum atomic E-state index is 13.7. The van der Waals surface area contributed by atoms with Crippen LogP contribution in [0.3, 0.4) is 0 Å². The average molecular weight is 339 g/mol. The zero-order valence-electron chi connectivity index (χ0n) is 14.6. The molecular formula is C20H22FN3O. The molecule has 1 heterocycles. The second-order valence-corrected chi connectivity index (χ2v) is 6.21. The maximum absolute atomic E-state index is 13.7. The Morgan fingerprint density at radius 2 is 1.72 bits per heavy atom. The van der Waals surface area contributed by atoms with Gasteiger partial charge in [-0.25, -0.2) is 4.39 Å². The lowest BCUT2D eigenvalue weighted by atomic mass is 10.1. The van der Waals surface area contributed by atoms with Crippen molar-refractivity contribution in [2.24, 2.45) is 0 Å². The molecule has 3 rings (SSSR count). The standard InChI is InChI=1S/C20H22FN3O/c1-3-15-8-10-16(11-9-15)13-24(2)14-20-22-19(23-25-20)12-17-6-4-5-7-18(17)21/h4-11H,3,12-14H2,1-2H3. The molecule has 0 saturated heterocycles. The molecule has 3 aromatic rings. The molecule has 0 saturated carbocycles. The highest BCUT2D eigenvalue weighted by Gasteiger charge is 2.11. The molecule has 0 aliphatic carbocycles. The van der Waals surface area contributed by atoms with Crippen molar-refractivity contribution in [1.29, 1.82) is 0 Å². The first-order chi connectivity index (χ1) is 12.1. The minimum Gasteiger partial charge on any atom is -0.338 e. The van der Waals surface area contributed by atoms with Crippen LogP contribution in [-0.2, 0) is 25.9 Å². The lowest BCUT2D eigenvalue weighted by Crippen LogP contribution is -2.17. The van der Waals surface area contributed by atoms with Crippen molar-refractivity contribution in [1.82, 2.24) is 15.0 Å². The van der Waals surface area contributed by atoms with Gasteiger partial charge in [0.2, 0.25) is 5.89 Å². The van der Waals surface area contributed by atoms with Crippen molar-refractivity contribution in [2.45, 2.75) is 32.9 Å². The molecule has 1 aromatic heterocycles. The first kappa shape index (κ1) is 17.3. The maximum Gasteiger partial charge on any atom is 0.240 e. The van der Waals surface area contributed by atoms with Gasteiger partial charge in [0.05, 0.1) is 6.54 Å². The molecule has 0 aliphatic heterocycles. The molecule has 2 aromatic carbocycles. The Morgan fingerprint density at radius 3 is 2.44 bits per heavy atom. The van der Waals surface area contributed by atoms with E-state index in [2.05, 4.69) is 46.2 Å². The summed E-state index contributed by atoms with van der Waals surface area (Å²) in [6.07, 6.45) is 1.38. The fourth-order valence-electron chi connectivity index (χ4n) is 2.72. The quantitative estimate of drug-likeness (QED) is 0.653. The zero-order chi connectivity index (χ0) is 17.6. The van der Waals surface area contributed by atoms with Crippen molar-refractivity contribution >= 4 is 0 Å². The van der Waals surface area contributed by atoms with Gasteiger partial charge in [0.25, 0.3) is 0 Å². The molecule has 4 nitrogen and oxygen atoms in total.